The molecule has 0 amide bonds. The molecule has 1 aliphatic rings. The van der Waals surface area contributed by atoms with E-state index in [2.05, 4.69) is 0 Å². The predicted molar refractivity (Wildman–Crippen MR) is 126 cm³/mol. The number of aromatic nitrogens is 3. The molecule has 0 saturated carbocycles. The van der Waals surface area contributed by atoms with Crippen LogP contribution in [0.2, 0.25) is 0 Å². The highest BCUT2D eigenvalue weighted by Crippen LogP contribution is 2.33. The van der Waals surface area contributed by atoms with Crippen LogP contribution in [0.3, 0.4) is 0 Å². The van der Waals surface area contributed by atoms with Gasteiger partial charge in [0.15, 0.2) is 11.9 Å². The van der Waals surface area contributed by atoms with E-state index in [1.54, 1.807) is 35.0 Å². The van der Waals surface area contributed by atoms with E-state index in [-0.39, 0.29) is 17.5 Å². The second-order valence-corrected chi connectivity index (χ2v) is 8.00. The largest absolute Gasteiger partial charge is 0.508 e. The lowest BCUT2D eigenvalue weighted by Gasteiger charge is -2.23. The highest BCUT2D eigenvalue weighted by molar-refractivity contribution is 6.06. The van der Waals surface area contributed by atoms with Gasteiger partial charge in [0.1, 0.15) is 5.75 Å². The third-order valence-corrected chi connectivity index (χ3v) is 5.74. The molecule has 3 heterocycles. The lowest BCUT2D eigenvalue weighted by Crippen LogP contribution is -2.19. The Balaban J connectivity index is 1.72. The topological polar surface area (TPSA) is 97.5 Å². The van der Waals surface area contributed by atoms with Crippen LogP contribution < -0.4 is 0 Å². The average molecular weight is 441 g/mol. The molecule has 1 saturated heterocycles. The Hall–Kier alpha value is -3.97. The van der Waals surface area contributed by atoms with E-state index >= 15 is 0 Å². The molecule has 0 bridgehead atoms. The summed E-state index contributed by atoms with van der Waals surface area (Å²) in [4.78, 5) is 17.1. The molecular formula is C26H23N3O4. The smallest absolute Gasteiger partial charge is 0.336 e. The van der Waals surface area contributed by atoms with E-state index in [0.29, 0.717) is 34.6 Å². The van der Waals surface area contributed by atoms with Crippen molar-refractivity contribution in [2.75, 3.05) is 6.61 Å². The normalized spacial score (nSPS) is 16.4. The van der Waals surface area contributed by atoms with E-state index in [1.807, 2.05) is 42.5 Å². The third-order valence-electron chi connectivity index (χ3n) is 5.74. The summed E-state index contributed by atoms with van der Waals surface area (Å²) in [5.74, 6) is -0.923. The van der Waals surface area contributed by atoms with Crippen LogP contribution in [0.5, 0.6) is 5.75 Å². The number of ether oxygens (including phenoxy) is 1. The quantitative estimate of drug-likeness (QED) is 0.432. The summed E-state index contributed by atoms with van der Waals surface area (Å²) in [5, 5.41) is 24.9. The fourth-order valence-electron chi connectivity index (χ4n) is 4.09. The van der Waals surface area contributed by atoms with Gasteiger partial charge in [-0.1, -0.05) is 36.4 Å². The van der Waals surface area contributed by atoms with Crippen LogP contribution in [0.25, 0.3) is 34.4 Å². The second-order valence-electron chi connectivity index (χ2n) is 8.00. The SMILES string of the molecule is O=C(O)c1cc(-c2ccc(O)cc2)nc2c1c(C=Cc1ccccc1)nn2C1CCCCO1. The molecular weight excluding hydrogens is 418 g/mol. The Morgan fingerprint density at radius 3 is 2.55 bits per heavy atom. The van der Waals surface area contributed by atoms with Crippen LogP contribution in [0.1, 0.15) is 47.1 Å². The van der Waals surface area contributed by atoms with E-state index in [4.69, 9.17) is 14.8 Å². The van der Waals surface area contributed by atoms with Crippen molar-refractivity contribution in [3.63, 3.8) is 0 Å². The van der Waals surface area contributed by atoms with Crippen LogP contribution in [0.4, 0.5) is 0 Å². The van der Waals surface area contributed by atoms with Crippen LogP contribution in [0, 0.1) is 0 Å². The molecule has 4 aromatic rings. The van der Waals surface area contributed by atoms with Gasteiger partial charge in [0.05, 0.1) is 22.3 Å². The molecule has 0 spiro atoms. The monoisotopic (exact) mass is 441 g/mol. The Labute approximate surface area is 190 Å². The second kappa shape index (κ2) is 8.88. The van der Waals surface area contributed by atoms with Crippen LogP contribution in [-0.4, -0.2) is 37.6 Å². The van der Waals surface area contributed by atoms with Crippen molar-refractivity contribution in [1.82, 2.24) is 14.8 Å². The van der Waals surface area contributed by atoms with Crippen LogP contribution >= 0.6 is 0 Å². The molecule has 0 aliphatic carbocycles. The maximum Gasteiger partial charge on any atom is 0.336 e. The van der Waals surface area contributed by atoms with Crippen molar-refractivity contribution in [2.45, 2.75) is 25.5 Å². The Morgan fingerprint density at radius 1 is 1.06 bits per heavy atom. The van der Waals surface area contributed by atoms with E-state index in [0.717, 1.165) is 24.8 Å². The van der Waals surface area contributed by atoms with Gasteiger partial charge in [-0.15, -0.1) is 0 Å². The minimum absolute atomic E-state index is 0.123. The van der Waals surface area contributed by atoms with Crippen molar-refractivity contribution >= 4 is 29.2 Å². The van der Waals surface area contributed by atoms with Gasteiger partial charge < -0.3 is 14.9 Å². The molecule has 1 fully saturated rings. The first-order valence-corrected chi connectivity index (χ1v) is 10.9. The van der Waals surface area contributed by atoms with Gasteiger partial charge in [0.2, 0.25) is 0 Å². The number of rotatable bonds is 5. The van der Waals surface area contributed by atoms with Crippen LogP contribution in [0.15, 0.2) is 60.7 Å². The molecule has 1 atom stereocenters. The fraction of sp³-hybridized carbons (Fsp3) is 0.192. The van der Waals surface area contributed by atoms with Gasteiger partial charge in [-0.3, -0.25) is 0 Å². The Kier molecular flexibility index (Phi) is 5.62. The van der Waals surface area contributed by atoms with Crippen molar-refractivity contribution in [3.8, 4) is 17.0 Å². The fourth-order valence-corrected chi connectivity index (χ4v) is 4.09. The molecule has 33 heavy (non-hydrogen) atoms. The number of phenolic OH excluding ortho intramolecular Hbond substituents is 1. The van der Waals surface area contributed by atoms with Gasteiger partial charge in [-0.05, 0) is 61.2 Å². The minimum Gasteiger partial charge on any atom is -0.508 e. The molecule has 5 rings (SSSR count). The van der Waals surface area contributed by atoms with Crippen LogP contribution in [-0.2, 0) is 4.74 Å². The molecule has 1 aliphatic heterocycles. The maximum absolute atomic E-state index is 12.3. The lowest BCUT2D eigenvalue weighted by atomic mass is 10.0. The average Bonchev–Trinajstić information content (AvgIpc) is 3.22. The molecule has 7 heteroatoms. The Bertz CT molecular complexity index is 1320. The number of carboxylic acids is 1. The summed E-state index contributed by atoms with van der Waals surface area (Å²) in [6.07, 6.45) is 6.21. The zero-order valence-corrected chi connectivity index (χ0v) is 17.9. The van der Waals surface area contributed by atoms with Gasteiger partial charge in [-0.25, -0.2) is 14.5 Å². The van der Waals surface area contributed by atoms with Gasteiger partial charge >= 0.3 is 5.97 Å². The summed E-state index contributed by atoms with van der Waals surface area (Å²) in [7, 11) is 0. The van der Waals surface area contributed by atoms with E-state index < -0.39 is 5.97 Å². The molecule has 166 valence electrons. The molecule has 2 aromatic heterocycles. The highest BCUT2D eigenvalue weighted by atomic mass is 16.5. The number of hydrogen-bond acceptors (Lipinski definition) is 5. The maximum atomic E-state index is 12.3. The highest BCUT2D eigenvalue weighted by Gasteiger charge is 2.25. The zero-order valence-electron chi connectivity index (χ0n) is 17.9. The summed E-state index contributed by atoms with van der Waals surface area (Å²) >= 11 is 0. The van der Waals surface area contributed by atoms with E-state index in [9.17, 15) is 15.0 Å². The number of aromatic hydroxyl groups is 1. The number of benzene rings is 2. The van der Waals surface area contributed by atoms with Crippen molar-refractivity contribution in [3.05, 3.63) is 77.5 Å². The standard InChI is InChI=1S/C26H23N3O4/c30-19-12-10-18(11-13-19)22-16-20(26(31)32)24-21(14-9-17-6-2-1-3-7-17)28-29(25(24)27-22)23-8-4-5-15-33-23/h1-3,6-7,9-14,16,23,30H,4-5,8,15H2,(H,31,32). The number of nitrogens with zero attached hydrogens (tertiary/aromatic N) is 3. The van der Waals surface area contributed by atoms with Gasteiger partial charge in [-0.2, -0.15) is 5.10 Å². The van der Waals surface area contributed by atoms with Gasteiger partial charge in [0, 0.05) is 12.2 Å². The molecule has 1 unspecified atom stereocenters. The number of aromatic carboxylic acids is 1. The number of carboxylic acid groups (broad SMARTS) is 1. The minimum atomic E-state index is -1.05. The first-order valence-electron chi connectivity index (χ1n) is 10.9. The van der Waals surface area contributed by atoms with Crippen molar-refractivity contribution in [2.24, 2.45) is 0 Å². The molecule has 2 N–H and O–H groups in total. The number of fused-ring (bicyclic) bond motifs is 1. The van der Waals surface area contributed by atoms with Crippen molar-refractivity contribution < 1.29 is 19.7 Å². The number of carbonyl (C=O) groups is 1. The zero-order chi connectivity index (χ0) is 22.8. The first-order chi connectivity index (χ1) is 16.1. The number of phenols is 1. The van der Waals surface area contributed by atoms with E-state index in [1.165, 1.54) is 0 Å². The molecule has 2 aromatic carbocycles. The van der Waals surface area contributed by atoms with Gasteiger partial charge in [0.25, 0.3) is 0 Å². The lowest BCUT2D eigenvalue weighted by molar-refractivity contribution is -0.0370. The predicted octanol–water partition coefficient (Wildman–Crippen LogP) is 5.37. The third kappa shape index (κ3) is 4.23. The summed E-state index contributed by atoms with van der Waals surface area (Å²) in [6.45, 7) is 0.630. The Morgan fingerprint density at radius 2 is 1.85 bits per heavy atom. The van der Waals surface area contributed by atoms with Crippen molar-refractivity contribution in [1.29, 1.82) is 0 Å². The molecule has 7 nitrogen and oxygen atoms in total. The summed E-state index contributed by atoms with van der Waals surface area (Å²) in [6, 6.07) is 17.9. The first kappa shape index (κ1) is 20.9. The molecule has 0 radical (unpaired) electrons. The summed E-state index contributed by atoms with van der Waals surface area (Å²) < 4.78 is 7.68. The number of pyridine rings is 1. The summed E-state index contributed by atoms with van der Waals surface area (Å²) in [5.41, 5.74) is 3.31. The number of hydrogen-bond donors (Lipinski definition) is 2.